The Balaban J connectivity index is 1.43. The quantitative estimate of drug-likeness (QED) is 0.404. The number of anilines is 1. The van der Waals surface area contributed by atoms with E-state index in [1.165, 1.54) is 28.9 Å². The van der Waals surface area contributed by atoms with Crippen LogP contribution in [0.25, 0.3) is 16.8 Å². The fourth-order valence-corrected chi connectivity index (χ4v) is 7.45. The van der Waals surface area contributed by atoms with Crippen molar-refractivity contribution in [3.8, 4) is 22.9 Å². The van der Waals surface area contributed by atoms with Crippen molar-refractivity contribution in [3.05, 3.63) is 65.7 Å². The monoisotopic (exact) mass is 627 g/mol. The second kappa shape index (κ2) is 11.2. The number of nitrogens with zero attached hydrogens (tertiary/aromatic N) is 4. The van der Waals surface area contributed by atoms with Gasteiger partial charge in [0.05, 0.1) is 47.2 Å². The van der Waals surface area contributed by atoms with Crippen molar-refractivity contribution in [2.24, 2.45) is 5.92 Å². The van der Waals surface area contributed by atoms with Gasteiger partial charge in [-0.05, 0) is 61.2 Å². The highest BCUT2D eigenvalue weighted by Crippen LogP contribution is 2.49. The first kappa shape index (κ1) is 30.1. The summed E-state index contributed by atoms with van der Waals surface area (Å²) in [6.45, 7) is 0.228. The lowest BCUT2D eigenvalue weighted by Crippen LogP contribution is -2.45. The average molecular weight is 628 g/mol. The molecule has 13 heteroatoms. The summed E-state index contributed by atoms with van der Waals surface area (Å²) < 4.78 is 68.6. The molecule has 9 nitrogen and oxygen atoms in total. The normalized spacial score (nSPS) is 23.5. The number of hydrogen-bond donors (Lipinski definition) is 2. The summed E-state index contributed by atoms with van der Waals surface area (Å²) in [5.41, 5.74) is 2.02. The van der Waals surface area contributed by atoms with E-state index in [1.54, 1.807) is 12.1 Å². The molecule has 44 heavy (non-hydrogen) atoms. The van der Waals surface area contributed by atoms with Crippen molar-refractivity contribution in [1.29, 1.82) is 5.26 Å². The van der Waals surface area contributed by atoms with E-state index in [0.29, 0.717) is 54.1 Å². The number of carbonyl (C=O) groups excluding carboxylic acids is 1. The summed E-state index contributed by atoms with van der Waals surface area (Å²) in [6.07, 6.45) is -0.309. The maximum Gasteiger partial charge on any atom is 0.249 e. The molecular formula is C31H32F3N5O4S. The molecule has 0 radical (unpaired) electrons. The number of alkyl halides is 2. The lowest BCUT2D eigenvalue weighted by molar-refractivity contribution is -0.134. The minimum atomic E-state index is -3.08. The number of benzene rings is 2. The number of aliphatic hydroxyl groups excluding tert-OH is 1. The van der Waals surface area contributed by atoms with Crippen LogP contribution in [0.4, 0.5) is 18.9 Å². The largest absolute Gasteiger partial charge is 0.390 e. The molecule has 0 bridgehead atoms. The molecule has 1 saturated heterocycles. The van der Waals surface area contributed by atoms with Crippen LogP contribution in [0.1, 0.15) is 49.4 Å². The molecular weight excluding hydrogens is 595 g/mol. The van der Waals surface area contributed by atoms with Crippen molar-refractivity contribution in [2.75, 3.05) is 29.5 Å². The summed E-state index contributed by atoms with van der Waals surface area (Å²) in [4.78, 5) is 15.5. The number of rotatable bonds is 7. The van der Waals surface area contributed by atoms with Crippen LogP contribution < -0.4 is 10.2 Å². The fraction of sp³-hybridized carbons (Fsp3) is 0.452. The molecule has 0 spiro atoms. The van der Waals surface area contributed by atoms with E-state index in [9.17, 15) is 36.8 Å². The predicted molar refractivity (Wildman–Crippen MR) is 156 cm³/mol. The molecule has 2 saturated carbocycles. The topological polar surface area (TPSA) is 128 Å². The third-order valence-corrected chi connectivity index (χ3v) is 10.5. The summed E-state index contributed by atoms with van der Waals surface area (Å²) in [5, 5.41) is 27.6. The lowest BCUT2D eigenvalue weighted by atomic mass is 9.73. The first-order valence-corrected chi connectivity index (χ1v) is 16.4. The number of aromatic nitrogens is 2. The van der Waals surface area contributed by atoms with Crippen molar-refractivity contribution in [2.45, 2.75) is 56.1 Å². The van der Waals surface area contributed by atoms with Crippen molar-refractivity contribution < 1.29 is 31.5 Å². The Hall–Kier alpha value is -3.89. The number of halogens is 3. The van der Waals surface area contributed by atoms with Crippen LogP contribution in [-0.2, 0) is 21.2 Å². The van der Waals surface area contributed by atoms with Gasteiger partial charge in [-0.25, -0.2) is 26.3 Å². The predicted octanol–water partition coefficient (Wildman–Crippen LogP) is 4.10. The summed E-state index contributed by atoms with van der Waals surface area (Å²) in [5.74, 6) is -5.99. The van der Waals surface area contributed by atoms with Crippen LogP contribution in [0.2, 0.25) is 0 Å². The van der Waals surface area contributed by atoms with Crippen molar-refractivity contribution in [1.82, 2.24) is 15.1 Å². The number of sulfone groups is 1. The van der Waals surface area contributed by atoms with Crippen LogP contribution >= 0.6 is 0 Å². The van der Waals surface area contributed by atoms with E-state index in [-0.39, 0.29) is 17.9 Å². The van der Waals surface area contributed by atoms with E-state index < -0.39 is 64.3 Å². The van der Waals surface area contributed by atoms with E-state index in [2.05, 4.69) is 11.4 Å². The van der Waals surface area contributed by atoms with Gasteiger partial charge in [-0.15, -0.1) is 0 Å². The fourth-order valence-electron chi connectivity index (χ4n) is 6.25. The van der Waals surface area contributed by atoms with Crippen LogP contribution in [0, 0.1) is 23.1 Å². The molecule has 3 aromatic rings. The number of aliphatic hydroxyl groups is 1. The van der Waals surface area contributed by atoms with Crippen molar-refractivity contribution in [3.63, 3.8) is 0 Å². The highest BCUT2D eigenvalue weighted by molar-refractivity contribution is 7.91. The van der Waals surface area contributed by atoms with Gasteiger partial charge in [0.25, 0.3) is 0 Å². The summed E-state index contributed by atoms with van der Waals surface area (Å²) in [6, 6.07) is 14.8. The molecule has 1 amide bonds. The van der Waals surface area contributed by atoms with Gasteiger partial charge in [0.2, 0.25) is 11.8 Å². The molecule has 6 rings (SSSR count). The maximum atomic E-state index is 14.8. The van der Waals surface area contributed by atoms with E-state index in [1.807, 2.05) is 17.0 Å². The highest BCUT2D eigenvalue weighted by atomic mass is 32.2. The SMILES string of the molecule is N#CC1(NC(=O)C2CC(F)(F)CCC2c2nn(-c3ccc(F)cc3)c(CO)c2-c2ccc(N3CCS(=O)(=O)CC3)cc2)CC1. The standard InChI is InChI=1S/C31H32F3N5O4S/c32-21-3-7-23(8-4-21)39-26(18-40)27(20-1-5-22(6-2-20)38-13-15-44(42,43)16-14-38)28(37-39)24-9-10-31(33,34)17-25(24)29(41)36-30(19-35)11-12-30/h1-8,24-25,40H,9-18H2,(H,36,41). The van der Waals surface area contributed by atoms with Gasteiger partial charge in [-0.2, -0.15) is 10.4 Å². The minimum Gasteiger partial charge on any atom is -0.390 e. The Morgan fingerprint density at radius 1 is 1.05 bits per heavy atom. The molecule has 3 fully saturated rings. The molecule has 3 aliphatic rings. The van der Waals surface area contributed by atoms with Gasteiger partial charge in [-0.1, -0.05) is 12.1 Å². The number of hydrogen-bond acceptors (Lipinski definition) is 7. The first-order chi connectivity index (χ1) is 20.9. The van der Waals surface area contributed by atoms with Gasteiger partial charge in [-0.3, -0.25) is 4.79 Å². The molecule has 2 heterocycles. The summed E-state index contributed by atoms with van der Waals surface area (Å²) in [7, 11) is -3.07. The Morgan fingerprint density at radius 2 is 1.68 bits per heavy atom. The van der Waals surface area contributed by atoms with E-state index in [4.69, 9.17) is 5.10 Å². The molecule has 2 N–H and O–H groups in total. The number of nitrogens with one attached hydrogen (secondary N) is 1. The second-order valence-corrected chi connectivity index (χ2v) is 14.2. The average Bonchev–Trinajstić information content (AvgIpc) is 3.67. The zero-order valence-corrected chi connectivity index (χ0v) is 24.7. The van der Waals surface area contributed by atoms with Gasteiger partial charge >= 0.3 is 0 Å². The van der Waals surface area contributed by atoms with Crippen molar-refractivity contribution >= 4 is 21.4 Å². The Labute approximate surface area is 253 Å². The molecule has 1 aliphatic heterocycles. The molecule has 2 atom stereocenters. The van der Waals surface area contributed by atoms with Gasteiger partial charge in [0.15, 0.2) is 9.84 Å². The Bertz CT molecular complexity index is 1700. The third-order valence-electron chi connectivity index (χ3n) is 8.93. The Kier molecular flexibility index (Phi) is 7.70. The van der Waals surface area contributed by atoms with Gasteiger partial charge in [0.1, 0.15) is 11.4 Å². The van der Waals surface area contributed by atoms with Crippen LogP contribution in [0.5, 0.6) is 0 Å². The molecule has 2 aliphatic carbocycles. The van der Waals surface area contributed by atoms with E-state index in [0.717, 1.165) is 5.69 Å². The van der Waals surface area contributed by atoms with Crippen LogP contribution in [0.15, 0.2) is 48.5 Å². The van der Waals surface area contributed by atoms with Gasteiger partial charge < -0.3 is 15.3 Å². The highest BCUT2D eigenvalue weighted by Gasteiger charge is 2.51. The maximum absolute atomic E-state index is 14.8. The molecule has 1 aromatic heterocycles. The molecule has 2 unspecified atom stereocenters. The van der Waals surface area contributed by atoms with Gasteiger partial charge in [0, 0.05) is 43.1 Å². The molecule has 2 aromatic carbocycles. The summed E-state index contributed by atoms with van der Waals surface area (Å²) >= 11 is 0. The zero-order chi connectivity index (χ0) is 31.3. The van der Waals surface area contributed by atoms with Crippen LogP contribution in [-0.4, -0.2) is 65.3 Å². The zero-order valence-electron chi connectivity index (χ0n) is 23.8. The van der Waals surface area contributed by atoms with E-state index >= 15 is 0 Å². The minimum absolute atomic E-state index is 0.0523. The van der Waals surface area contributed by atoms with Crippen LogP contribution in [0.3, 0.4) is 0 Å². The number of nitriles is 1. The number of carbonyl (C=O) groups is 1. The Morgan fingerprint density at radius 3 is 2.27 bits per heavy atom. The molecule has 232 valence electrons. The first-order valence-electron chi connectivity index (χ1n) is 14.6. The second-order valence-electron chi connectivity index (χ2n) is 11.9. The third kappa shape index (κ3) is 5.93. The smallest absolute Gasteiger partial charge is 0.249 e. The lowest BCUT2D eigenvalue weighted by Gasteiger charge is -2.35. The number of amides is 1.